The number of aryl methyl sites for hydroxylation is 1. The van der Waals surface area contributed by atoms with Crippen molar-refractivity contribution >= 4 is 6.09 Å². The van der Waals surface area contributed by atoms with Gasteiger partial charge in [0.2, 0.25) is 0 Å². The molecule has 0 aromatic carbocycles. The van der Waals surface area contributed by atoms with Gasteiger partial charge in [-0.3, -0.25) is 4.98 Å². The molecule has 4 nitrogen and oxygen atoms in total. The van der Waals surface area contributed by atoms with E-state index in [0.717, 1.165) is 11.1 Å². The second-order valence-electron chi connectivity index (χ2n) is 3.03. The van der Waals surface area contributed by atoms with Gasteiger partial charge in [0, 0.05) is 12.4 Å². The van der Waals surface area contributed by atoms with Gasteiger partial charge in [-0.1, -0.05) is 0 Å². The van der Waals surface area contributed by atoms with E-state index < -0.39 is 0 Å². The average Bonchev–Trinajstić information content (AvgIpc) is 2.53. The first-order valence-electron chi connectivity index (χ1n) is 4.11. The number of nitrogens with one attached hydrogen (secondary N) is 1. The normalized spacial score (nSPS) is 21.0. The van der Waals surface area contributed by atoms with Crippen molar-refractivity contribution < 1.29 is 9.53 Å². The summed E-state index contributed by atoms with van der Waals surface area (Å²) in [6, 6.07) is 1.88. The molecular formula is C9H10N2O2. The van der Waals surface area contributed by atoms with Crippen LogP contribution in [0.1, 0.15) is 17.2 Å². The standard InChI is InChI=1S/C9H10N2O2/c1-6-4-10-3-2-7(6)8-5-13-9(12)11-8/h2-4,8H,5H2,1H3,(H,11,12). The minimum absolute atomic E-state index is 0.0181. The molecule has 1 aliphatic rings. The van der Waals surface area contributed by atoms with E-state index >= 15 is 0 Å². The molecule has 1 fully saturated rings. The third-order valence-corrected chi connectivity index (χ3v) is 2.11. The van der Waals surface area contributed by atoms with Crippen molar-refractivity contribution in [2.45, 2.75) is 13.0 Å². The van der Waals surface area contributed by atoms with Gasteiger partial charge >= 0.3 is 6.09 Å². The number of cyclic esters (lactones) is 1. The minimum atomic E-state index is -0.346. The smallest absolute Gasteiger partial charge is 0.407 e. The Labute approximate surface area is 75.9 Å². The van der Waals surface area contributed by atoms with Crippen LogP contribution in [0.5, 0.6) is 0 Å². The summed E-state index contributed by atoms with van der Waals surface area (Å²) >= 11 is 0. The Morgan fingerprint density at radius 1 is 1.69 bits per heavy atom. The summed E-state index contributed by atoms with van der Waals surface area (Å²) in [5, 5.41) is 2.72. The maximum Gasteiger partial charge on any atom is 0.407 e. The average molecular weight is 178 g/mol. The summed E-state index contributed by atoms with van der Waals surface area (Å²) in [6.07, 6.45) is 3.15. The Kier molecular flexibility index (Phi) is 1.88. The van der Waals surface area contributed by atoms with E-state index in [1.807, 2.05) is 13.0 Å². The van der Waals surface area contributed by atoms with Crippen LogP contribution < -0.4 is 5.32 Å². The number of hydrogen-bond donors (Lipinski definition) is 1. The van der Waals surface area contributed by atoms with Crippen LogP contribution in [0.3, 0.4) is 0 Å². The van der Waals surface area contributed by atoms with Crippen LogP contribution in [0, 0.1) is 6.92 Å². The predicted octanol–water partition coefficient (Wildman–Crippen LogP) is 1.17. The molecule has 0 radical (unpaired) electrons. The molecule has 1 aliphatic heterocycles. The summed E-state index contributed by atoms with van der Waals surface area (Å²) < 4.78 is 4.80. The Balaban J connectivity index is 2.26. The van der Waals surface area contributed by atoms with Crippen LogP contribution in [0.15, 0.2) is 18.5 Å². The van der Waals surface area contributed by atoms with E-state index in [-0.39, 0.29) is 12.1 Å². The predicted molar refractivity (Wildman–Crippen MR) is 46.2 cm³/mol. The van der Waals surface area contributed by atoms with Crippen LogP contribution >= 0.6 is 0 Å². The highest BCUT2D eigenvalue weighted by atomic mass is 16.6. The molecule has 0 bridgehead atoms. The molecule has 1 N–H and O–H groups in total. The van der Waals surface area contributed by atoms with Crippen molar-refractivity contribution in [3.8, 4) is 0 Å². The van der Waals surface area contributed by atoms with Crippen molar-refractivity contribution in [3.05, 3.63) is 29.6 Å². The number of carbonyl (C=O) groups excluding carboxylic acids is 1. The molecule has 1 aromatic rings. The van der Waals surface area contributed by atoms with Crippen molar-refractivity contribution in [3.63, 3.8) is 0 Å². The molecule has 1 saturated heterocycles. The second-order valence-corrected chi connectivity index (χ2v) is 3.03. The Hall–Kier alpha value is -1.58. The molecule has 2 heterocycles. The highest BCUT2D eigenvalue weighted by Gasteiger charge is 2.24. The van der Waals surface area contributed by atoms with E-state index in [9.17, 15) is 4.79 Å². The topological polar surface area (TPSA) is 51.2 Å². The molecule has 13 heavy (non-hydrogen) atoms. The molecular weight excluding hydrogens is 168 g/mol. The van der Waals surface area contributed by atoms with Gasteiger partial charge in [-0.2, -0.15) is 0 Å². The van der Waals surface area contributed by atoms with Crippen molar-refractivity contribution in [1.29, 1.82) is 0 Å². The largest absolute Gasteiger partial charge is 0.447 e. The van der Waals surface area contributed by atoms with E-state index in [1.54, 1.807) is 12.4 Å². The number of nitrogens with zero attached hydrogens (tertiary/aromatic N) is 1. The van der Waals surface area contributed by atoms with Crippen molar-refractivity contribution in [1.82, 2.24) is 10.3 Å². The highest BCUT2D eigenvalue weighted by Crippen LogP contribution is 2.20. The zero-order valence-corrected chi connectivity index (χ0v) is 7.28. The first-order valence-corrected chi connectivity index (χ1v) is 4.11. The fraction of sp³-hybridized carbons (Fsp3) is 0.333. The van der Waals surface area contributed by atoms with Crippen LogP contribution in [0.4, 0.5) is 4.79 Å². The lowest BCUT2D eigenvalue weighted by molar-refractivity contribution is 0.177. The van der Waals surface area contributed by atoms with Gasteiger partial charge in [0.15, 0.2) is 0 Å². The molecule has 1 atom stereocenters. The molecule has 1 amide bonds. The molecule has 0 spiro atoms. The van der Waals surface area contributed by atoms with E-state index in [1.165, 1.54) is 0 Å². The molecule has 4 heteroatoms. The lowest BCUT2D eigenvalue weighted by atomic mass is 10.1. The number of aromatic nitrogens is 1. The molecule has 1 aromatic heterocycles. The lowest BCUT2D eigenvalue weighted by Gasteiger charge is -2.09. The van der Waals surface area contributed by atoms with Gasteiger partial charge in [-0.25, -0.2) is 4.79 Å². The van der Waals surface area contributed by atoms with Gasteiger partial charge in [-0.15, -0.1) is 0 Å². The SMILES string of the molecule is Cc1cnccc1C1COC(=O)N1. The quantitative estimate of drug-likeness (QED) is 0.702. The van der Waals surface area contributed by atoms with Crippen LogP contribution in [0.2, 0.25) is 0 Å². The zero-order chi connectivity index (χ0) is 9.26. The van der Waals surface area contributed by atoms with Gasteiger partial charge in [-0.05, 0) is 24.1 Å². The Morgan fingerprint density at radius 3 is 3.15 bits per heavy atom. The fourth-order valence-corrected chi connectivity index (χ4v) is 1.43. The minimum Gasteiger partial charge on any atom is -0.447 e. The van der Waals surface area contributed by atoms with Crippen molar-refractivity contribution in [2.24, 2.45) is 0 Å². The van der Waals surface area contributed by atoms with E-state index in [2.05, 4.69) is 10.3 Å². The van der Waals surface area contributed by atoms with E-state index in [0.29, 0.717) is 6.61 Å². The van der Waals surface area contributed by atoms with Gasteiger partial charge < -0.3 is 10.1 Å². The summed E-state index contributed by atoms with van der Waals surface area (Å²) in [4.78, 5) is 14.8. The molecule has 68 valence electrons. The first-order chi connectivity index (χ1) is 6.27. The van der Waals surface area contributed by atoms with Crippen LogP contribution in [-0.2, 0) is 4.74 Å². The fourth-order valence-electron chi connectivity index (χ4n) is 1.43. The third-order valence-electron chi connectivity index (χ3n) is 2.11. The number of hydrogen-bond acceptors (Lipinski definition) is 3. The number of ether oxygens (including phenoxy) is 1. The van der Waals surface area contributed by atoms with Gasteiger partial charge in [0.05, 0.1) is 6.04 Å². The maximum absolute atomic E-state index is 10.8. The van der Waals surface area contributed by atoms with Crippen molar-refractivity contribution in [2.75, 3.05) is 6.61 Å². The lowest BCUT2D eigenvalue weighted by Crippen LogP contribution is -2.19. The maximum atomic E-state index is 10.8. The van der Waals surface area contributed by atoms with Gasteiger partial charge in [0.1, 0.15) is 6.61 Å². The number of amides is 1. The summed E-state index contributed by atoms with van der Waals surface area (Å²) in [7, 11) is 0. The number of rotatable bonds is 1. The van der Waals surface area contributed by atoms with Gasteiger partial charge in [0.25, 0.3) is 0 Å². The number of pyridine rings is 1. The molecule has 1 unspecified atom stereocenters. The summed E-state index contributed by atoms with van der Waals surface area (Å²) in [5.41, 5.74) is 2.14. The molecule has 2 rings (SSSR count). The highest BCUT2D eigenvalue weighted by molar-refractivity contribution is 5.70. The summed E-state index contributed by atoms with van der Waals surface area (Å²) in [6.45, 7) is 2.37. The zero-order valence-electron chi connectivity index (χ0n) is 7.28. The monoisotopic (exact) mass is 178 g/mol. The van der Waals surface area contributed by atoms with E-state index in [4.69, 9.17) is 4.74 Å². The molecule has 0 aliphatic carbocycles. The van der Waals surface area contributed by atoms with Crippen LogP contribution in [-0.4, -0.2) is 17.7 Å². The molecule has 0 saturated carbocycles. The Bertz CT molecular complexity index is 338. The third kappa shape index (κ3) is 1.47. The second kappa shape index (κ2) is 3.05. The van der Waals surface area contributed by atoms with Crippen LogP contribution in [0.25, 0.3) is 0 Å². The first kappa shape index (κ1) is 8.04. The summed E-state index contributed by atoms with van der Waals surface area (Å²) in [5.74, 6) is 0. The number of alkyl carbamates (subject to hydrolysis) is 1. The number of carbonyl (C=O) groups is 1. The Morgan fingerprint density at radius 2 is 2.54 bits per heavy atom.